The molecular weight excluding hydrogens is 206 g/mol. The summed E-state index contributed by atoms with van der Waals surface area (Å²) in [5.41, 5.74) is 3.52. The van der Waals surface area contributed by atoms with Crippen LogP contribution in [0.15, 0.2) is 73.0 Å². The fraction of sp³-hybridized carbons (Fsp3) is 0.0625. The van der Waals surface area contributed by atoms with Crippen LogP contribution in [0.25, 0.3) is 11.3 Å². The molecule has 1 nitrogen and oxygen atoms in total. The molecule has 82 valence electrons. The zero-order valence-corrected chi connectivity index (χ0v) is 9.45. The highest BCUT2D eigenvalue weighted by atomic mass is 14.7. The lowest BCUT2D eigenvalue weighted by molar-refractivity contribution is 1.10. The summed E-state index contributed by atoms with van der Waals surface area (Å²) in [7, 11) is 0. The van der Waals surface area contributed by atoms with Crippen molar-refractivity contribution in [2.24, 2.45) is 0 Å². The van der Waals surface area contributed by atoms with Crippen LogP contribution in [0.1, 0.15) is 11.5 Å². The third-order valence-corrected chi connectivity index (χ3v) is 3.00. The molecule has 0 atom stereocenters. The summed E-state index contributed by atoms with van der Waals surface area (Å²) < 4.78 is 0. The fourth-order valence-electron chi connectivity index (χ4n) is 2.06. The summed E-state index contributed by atoms with van der Waals surface area (Å²) in [5.74, 6) is 0.438. The maximum absolute atomic E-state index is 4.35. The fourth-order valence-corrected chi connectivity index (χ4v) is 2.06. The first-order valence-corrected chi connectivity index (χ1v) is 5.80. The number of nitrogens with zero attached hydrogens (tertiary/aromatic N) is 1. The van der Waals surface area contributed by atoms with E-state index in [1.165, 1.54) is 11.1 Å². The Morgan fingerprint density at radius 1 is 0.824 bits per heavy atom. The molecule has 0 aliphatic heterocycles. The summed E-state index contributed by atoms with van der Waals surface area (Å²) in [6.07, 6.45) is 10.4. The molecule has 0 fully saturated rings. The smallest absolute Gasteiger partial charge is 0.0701 e. The van der Waals surface area contributed by atoms with E-state index >= 15 is 0 Å². The number of benzene rings is 1. The van der Waals surface area contributed by atoms with Gasteiger partial charge >= 0.3 is 0 Å². The first-order chi connectivity index (χ1) is 8.43. The first kappa shape index (κ1) is 10.0. The summed E-state index contributed by atoms with van der Waals surface area (Å²) in [4.78, 5) is 4.35. The molecule has 0 unspecified atom stereocenters. The van der Waals surface area contributed by atoms with Crippen LogP contribution < -0.4 is 0 Å². The number of aromatic nitrogens is 1. The molecule has 1 aliphatic carbocycles. The van der Waals surface area contributed by atoms with E-state index in [0.717, 1.165) is 5.69 Å². The Morgan fingerprint density at radius 2 is 1.59 bits per heavy atom. The average Bonchev–Trinajstić information content (AvgIpc) is 2.94. The molecular formula is C16H13N. The highest BCUT2D eigenvalue weighted by Gasteiger charge is 2.06. The number of rotatable bonds is 2. The van der Waals surface area contributed by atoms with Crippen LogP contribution in [0.2, 0.25) is 0 Å². The monoisotopic (exact) mass is 219 g/mol. The van der Waals surface area contributed by atoms with E-state index in [1.807, 2.05) is 24.4 Å². The standard InChI is InChI=1S/C16H13N/c1-2-6-13(5-1)14-8-10-15(11-9-14)16-7-3-4-12-17-16/h1-13H. The van der Waals surface area contributed by atoms with Crippen molar-refractivity contribution in [1.82, 2.24) is 4.98 Å². The van der Waals surface area contributed by atoms with Gasteiger partial charge in [-0.15, -0.1) is 0 Å². The lowest BCUT2D eigenvalue weighted by Gasteiger charge is -2.07. The van der Waals surface area contributed by atoms with Crippen LogP contribution in [0.5, 0.6) is 0 Å². The van der Waals surface area contributed by atoms with Crippen molar-refractivity contribution in [3.8, 4) is 11.3 Å². The van der Waals surface area contributed by atoms with Gasteiger partial charge in [0.2, 0.25) is 0 Å². The third kappa shape index (κ3) is 2.04. The van der Waals surface area contributed by atoms with Crippen LogP contribution in [-0.2, 0) is 0 Å². The number of hydrogen-bond acceptors (Lipinski definition) is 1. The normalized spacial score (nSPS) is 14.4. The minimum atomic E-state index is 0.438. The van der Waals surface area contributed by atoms with Gasteiger partial charge in [-0.3, -0.25) is 4.98 Å². The first-order valence-electron chi connectivity index (χ1n) is 5.80. The van der Waals surface area contributed by atoms with Crippen molar-refractivity contribution in [3.63, 3.8) is 0 Å². The number of pyridine rings is 1. The molecule has 0 amide bonds. The van der Waals surface area contributed by atoms with Gasteiger partial charge in [0.1, 0.15) is 0 Å². The van der Waals surface area contributed by atoms with Gasteiger partial charge in [-0.2, -0.15) is 0 Å². The third-order valence-electron chi connectivity index (χ3n) is 3.00. The molecule has 17 heavy (non-hydrogen) atoms. The molecule has 0 N–H and O–H groups in total. The second kappa shape index (κ2) is 4.38. The highest BCUT2D eigenvalue weighted by Crippen LogP contribution is 2.25. The van der Waals surface area contributed by atoms with Crippen molar-refractivity contribution in [2.45, 2.75) is 5.92 Å². The van der Waals surface area contributed by atoms with Gasteiger partial charge in [0.05, 0.1) is 5.69 Å². The second-order valence-corrected chi connectivity index (χ2v) is 4.13. The number of hydrogen-bond donors (Lipinski definition) is 0. The van der Waals surface area contributed by atoms with Crippen molar-refractivity contribution in [1.29, 1.82) is 0 Å². The molecule has 1 heteroatoms. The number of allylic oxidation sites excluding steroid dienone is 4. The molecule has 2 aromatic rings. The van der Waals surface area contributed by atoms with E-state index in [-0.39, 0.29) is 0 Å². The van der Waals surface area contributed by atoms with Gasteiger partial charge < -0.3 is 0 Å². The summed E-state index contributed by atoms with van der Waals surface area (Å²) >= 11 is 0. The summed E-state index contributed by atoms with van der Waals surface area (Å²) in [6.45, 7) is 0. The molecule has 1 aromatic carbocycles. The van der Waals surface area contributed by atoms with E-state index < -0.39 is 0 Å². The van der Waals surface area contributed by atoms with E-state index in [2.05, 4.69) is 53.6 Å². The molecule has 1 heterocycles. The average molecular weight is 219 g/mol. The lowest BCUT2D eigenvalue weighted by atomic mass is 9.99. The van der Waals surface area contributed by atoms with E-state index in [0.29, 0.717) is 5.92 Å². The topological polar surface area (TPSA) is 12.9 Å². The van der Waals surface area contributed by atoms with Crippen molar-refractivity contribution < 1.29 is 0 Å². The zero-order chi connectivity index (χ0) is 11.5. The van der Waals surface area contributed by atoms with Crippen molar-refractivity contribution in [3.05, 3.63) is 78.5 Å². The largest absolute Gasteiger partial charge is 0.256 e. The van der Waals surface area contributed by atoms with Crippen LogP contribution in [0, 0.1) is 0 Å². The van der Waals surface area contributed by atoms with Gasteiger partial charge in [-0.25, -0.2) is 0 Å². The minimum Gasteiger partial charge on any atom is -0.256 e. The quantitative estimate of drug-likeness (QED) is 0.745. The Hall–Kier alpha value is -2.15. The minimum absolute atomic E-state index is 0.438. The molecule has 1 aliphatic rings. The van der Waals surface area contributed by atoms with Gasteiger partial charge in [0.25, 0.3) is 0 Å². The van der Waals surface area contributed by atoms with Crippen LogP contribution in [-0.4, -0.2) is 4.98 Å². The molecule has 0 saturated carbocycles. The maximum atomic E-state index is 4.35. The van der Waals surface area contributed by atoms with Crippen LogP contribution in [0.4, 0.5) is 0 Å². The Labute approximate surface area is 101 Å². The Kier molecular flexibility index (Phi) is 2.59. The van der Waals surface area contributed by atoms with Crippen molar-refractivity contribution in [2.75, 3.05) is 0 Å². The van der Waals surface area contributed by atoms with Gasteiger partial charge in [0, 0.05) is 17.7 Å². The Balaban J connectivity index is 1.90. The maximum Gasteiger partial charge on any atom is 0.0701 e. The summed E-state index contributed by atoms with van der Waals surface area (Å²) in [6, 6.07) is 14.6. The second-order valence-electron chi connectivity index (χ2n) is 4.13. The highest BCUT2D eigenvalue weighted by molar-refractivity contribution is 5.59. The SMILES string of the molecule is C1=CC(c2ccc(-c3ccccn3)cc2)C=C1. The van der Waals surface area contributed by atoms with Crippen LogP contribution in [0.3, 0.4) is 0 Å². The van der Waals surface area contributed by atoms with Gasteiger partial charge in [0.15, 0.2) is 0 Å². The van der Waals surface area contributed by atoms with Crippen LogP contribution >= 0.6 is 0 Å². The molecule has 1 aromatic heterocycles. The van der Waals surface area contributed by atoms with Gasteiger partial charge in [-0.05, 0) is 17.7 Å². The summed E-state index contributed by atoms with van der Waals surface area (Å²) in [5, 5.41) is 0. The molecule has 0 spiro atoms. The Bertz CT molecular complexity index is 538. The molecule has 0 saturated heterocycles. The lowest BCUT2D eigenvalue weighted by Crippen LogP contribution is -1.89. The predicted octanol–water partition coefficient (Wildman–Crippen LogP) is 3.96. The van der Waals surface area contributed by atoms with E-state index in [1.54, 1.807) is 0 Å². The van der Waals surface area contributed by atoms with E-state index in [4.69, 9.17) is 0 Å². The molecule has 3 rings (SSSR count). The molecule has 0 bridgehead atoms. The zero-order valence-electron chi connectivity index (χ0n) is 9.45. The Morgan fingerprint density at radius 3 is 2.24 bits per heavy atom. The van der Waals surface area contributed by atoms with E-state index in [9.17, 15) is 0 Å². The molecule has 0 radical (unpaired) electrons. The predicted molar refractivity (Wildman–Crippen MR) is 70.7 cm³/mol. The van der Waals surface area contributed by atoms with Gasteiger partial charge in [-0.1, -0.05) is 54.6 Å². The van der Waals surface area contributed by atoms with Crippen molar-refractivity contribution >= 4 is 0 Å².